The summed E-state index contributed by atoms with van der Waals surface area (Å²) in [5.74, 6) is 0.116. The molecule has 2 heterocycles. The maximum Gasteiger partial charge on any atom is 0.254 e. The van der Waals surface area contributed by atoms with Crippen molar-refractivity contribution in [2.75, 3.05) is 6.54 Å². The molecule has 0 N–H and O–H groups in total. The van der Waals surface area contributed by atoms with Gasteiger partial charge in [-0.1, -0.05) is 0 Å². The molecule has 1 fully saturated rings. The molecule has 0 radical (unpaired) electrons. The van der Waals surface area contributed by atoms with Crippen molar-refractivity contribution in [2.24, 2.45) is 0 Å². The Morgan fingerprint density at radius 3 is 2.67 bits per heavy atom. The number of nitrogens with zero attached hydrogens (tertiary/aromatic N) is 2. The van der Waals surface area contributed by atoms with Crippen molar-refractivity contribution in [3.05, 3.63) is 30.1 Å². The fraction of sp³-hybridized carbons (Fsp3) is 0.333. The monoisotopic (exact) mass is 162 g/mol. The van der Waals surface area contributed by atoms with Crippen LogP contribution in [0.4, 0.5) is 0 Å². The SMILES string of the molecule is CC1CN1C(=O)c1ccncc1. The minimum atomic E-state index is 0.116. The fourth-order valence-corrected chi connectivity index (χ4v) is 1.18. The van der Waals surface area contributed by atoms with Gasteiger partial charge in [-0.15, -0.1) is 0 Å². The lowest BCUT2D eigenvalue weighted by molar-refractivity contribution is 0.0876. The Kier molecular flexibility index (Phi) is 1.57. The van der Waals surface area contributed by atoms with Crippen molar-refractivity contribution in [1.82, 2.24) is 9.88 Å². The molecule has 3 heteroatoms. The number of hydrogen-bond donors (Lipinski definition) is 0. The van der Waals surface area contributed by atoms with E-state index in [4.69, 9.17) is 0 Å². The number of carbonyl (C=O) groups is 1. The molecule has 62 valence electrons. The zero-order valence-electron chi connectivity index (χ0n) is 6.90. The van der Waals surface area contributed by atoms with Gasteiger partial charge in [-0.25, -0.2) is 0 Å². The Morgan fingerprint density at radius 1 is 1.58 bits per heavy atom. The van der Waals surface area contributed by atoms with Crippen molar-refractivity contribution in [3.8, 4) is 0 Å². The fourth-order valence-electron chi connectivity index (χ4n) is 1.18. The third-order valence-electron chi connectivity index (χ3n) is 2.05. The van der Waals surface area contributed by atoms with Crippen LogP contribution >= 0.6 is 0 Å². The van der Waals surface area contributed by atoms with E-state index in [1.165, 1.54) is 0 Å². The highest BCUT2D eigenvalue weighted by Crippen LogP contribution is 2.19. The van der Waals surface area contributed by atoms with E-state index in [2.05, 4.69) is 4.98 Å². The Morgan fingerprint density at radius 2 is 2.17 bits per heavy atom. The van der Waals surface area contributed by atoms with Gasteiger partial charge in [0.15, 0.2) is 0 Å². The van der Waals surface area contributed by atoms with Gasteiger partial charge >= 0.3 is 0 Å². The van der Waals surface area contributed by atoms with Crippen LogP contribution in [0, 0.1) is 0 Å². The highest BCUT2D eigenvalue weighted by molar-refractivity contribution is 5.95. The van der Waals surface area contributed by atoms with Crippen molar-refractivity contribution < 1.29 is 4.79 Å². The first-order chi connectivity index (χ1) is 5.79. The number of rotatable bonds is 1. The molecule has 1 aromatic heterocycles. The van der Waals surface area contributed by atoms with E-state index in [0.29, 0.717) is 6.04 Å². The van der Waals surface area contributed by atoms with Crippen molar-refractivity contribution in [1.29, 1.82) is 0 Å². The normalized spacial score (nSPS) is 20.8. The van der Waals surface area contributed by atoms with Gasteiger partial charge < -0.3 is 4.90 Å². The molecule has 1 atom stereocenters. The molecule has 3 nitrogen and oxygen atoms in total. The maximum absolute atomic E-state index is 11.5. The quantitative estimate of drug-likeness (QED) is 0.575. The van der Waals surface area contributed by atoms with Gasteiger partial charge in [0, 0.05) is 30.5 Å². The molecule has 0 aromatic carbocycles. The summed E-state index contributed by atoms with van der Waals surface area (Å²) in [5, 5.41) is 0. The second kappa shape index (κ2) is 2.59. The van der Waals surface area contributed by atoms with E-state index >= 15 is 0 Å². The van der Waals surface area contributed by atoms with Crippen molar-refractivity contribution in [2.45, 2.75) is 13.0 Å². The van der Waals surface area contributed by atoms with Crippen LogP contribution in [0.1, 0.15) is 17.3 Å². The molecule has 1 aromatic rings. The highest BCUT2D eigenvalue weighted by Gasteiger charge is 2.34. The number of carbonyl (C=O) groups excluding carboxylic acids is 1. The van der Waals surface area contributed by atoms with Crippen LogP contribution in [0.25, 0.3) is 0 Å². The summed E-state index contributed by atoms with van der Waals surface area (Å²) >= 11 is 0. The largest absolute Gasteiger partial charge is 0.332 e. The van der Waals surface area contributed by atoms with Crippen LogP contribution in [-0.2, 0) is 0 Å². The van der Waals surface area contributed by atoms with Crippen LogP contribution in [0.3, 0.4) is 0 Å². The summed E-state index contributed by atoms with van der Waals surface area (Å²) in [6.07, 6.45) is 3.28. The van der Waals surface area contributed by atoms with Gasteiger partial charge in [0.25, 0.3) is 5.91 Å². The van der Waals surface area contributed by atoms with Crippen molar-refractivity contribution in [3.63, 3.8) is 0 Å². The molecule has 0 aliphatic carbocycles. The summed E-state index contributed by atoms with van der Waals surface area (Å²) in [6.45, 7) is 2.93. The summed E-state index contributed by atoms with van der Waals surface area (Å²) in [7, 11) is 0. The molecule has 0 saturated carbocycles. The van der Waals surface area contributed by atoms with E-state index in [1.807, 2.05) is 11.8 Å². The zero-order chi connectivity index (χ0) is 8.55. The Labute approximate surface area is 71.0 Å². The highest BCUT2D eigenvalue weighted by atomic mass is 16.2. The molecule has 12 heavy (non-hydrogen) atoms. The average molecular weight is 162 g/mol. The second-order valence-corrected chi connectivity index (χ2v) is 3.04. The number of pyridine rings is 1. The first-order valence-electron chi connectivity index (χ1n) is 4.00. The predicted octanol–water partition coefficient (Wildman–Crippen LogP) is 0.926. The molecule has 1 amide bonds. The third kappa shape index (κ3) is 1.18. The minimum absolute atomic E-state index is 0.116. The van der Waals surface area contributed by atoms with Gasteiger partial charge in [0.05, 0.1) is 0 Å². The van der Waals surface area contributed by atoms with Crippen LogP contribution in [-0.4, -0.2) is 28.4 Å². The molecular weight excluding hydrogens is 152 g/mol. The Bertz CT molecular complexity index is 297. The van der Waals surface area contributed by atoms with Crippen LogP contribution in [0.15, 0.2) is 24.5 Å². The molecular formula is C9H10N2O. The van der Waals surface area contributed by atoms with Crippen LogP contribution < -0.4 is 0 Å². The van der Waals surface area contributed by atoms with Gasteiger partial charge in [0.2, 0.25) is 0 Å². The smallest absolute Gasteiger partial charge is 0.254 e. The van der Waals surface area contributed by atoms with Gasteiger partial charge in [-0.05, 0) is 19.1 Å². The van der Waals surface area contributed by atoms with Gasteiger partial charge in [-0.3, -0.25) is 9.78 Å². The summed E-state index contributed by atoms with van der Waals surface area (Å²) in [4.78, 5) is 17.2. The lowest BCUT2D eigenvalue weighted by atomic mass is 10.2. The van der Waals surface area contributed by atoms with Crippen LogP contribution in [0.2, 0.25) is 0 Å². The third-order valence-corrected chi connectivity index (χ3v) is 2.05. The molecule has 1 unspecified atom stereocenters. The predicted molar refractivity (Wildman–Crippen MR) is 44.7 cm³/mol. The van der Waals surface area contributed by atoms with E-state index < -0.39 is 0 Å². The van der Waals surface area contributed by atoms with E-state index in [1.54, 1.807) is 24.5 Å². The average Bonchev–Trinajstić information content (AvgIpc) is 2.83. The lowest BCUT2D eigenvalue weighted by Gasteiger charge is -2.00. The van der Waals surface area contributed by atoms with E-state index in [0.717, 1.165) is 12.1 Å². The van der Waals surface area contributed by atoms with Gasteiger partial charge in [0.1, 0.15) is 0 Å². The minimum Gasteiger partial charge on any atom is -0.332 e. The topological polar surface area (TPSA) is 33.0 Å². The van der Waals surface area contributed by atoms with E-state index in [-0.39, 0.29) is 5.91 Å². The summed E-state index contributed by atoms with van der Waals surface area (Å²) < 4.78 is 0. The van der Waals surface area contributed by atoms with E-state index in [9.17, 15) is 4.79 Å². The van der Waals surface area contributed by atoms with Gasteiger partial charge in [-0.2, -0.15) is 0 Å². The maximum atomic E-state index is 11.5. The first kappa shape index (κ1) is 7.28. The molecule has 1 aliphatic heterocycles. The Balaban J connectivity index is 2.16. The van der Waals surface area contributed by atoms with Crippen LogP contribution in [0.5, 0.6) is 0 Å². The van der Waals surface area contributed by atoms with Crippen molar-refractivity contribution >= 4 is 5.91 Å². The number of aromatic nitrogens is 1. The zero-order valence-corrected chi connectivity index (χ0v) is 6.90. The summed E-state index contributed by atoms with van der Waals surface area (Å²) in [6, 6.07) is 3.91. The molecule has 0 bridgehead atoms. The summed E-state index contributed by atoms with van der Waals surface area (Å²) in [5.41, 5.74) is 0.731. The molecule has 2 rings (SSSR count). The number of amides is 1. The molecule has 1 aliphatic rings. The second-order valence-electron chi connectivity index (χ2n) is 3.04. The lowest BCUT2D eigenvalue weighted by Crippen LogP contribution is -2.12. The standard InChI is InChI=1S/C9H10N2O/c1-7-6-11(7)9(12)8-2-4-10-5-3-8/h2-5,7H,6H2,1H3. The molecule has 0 spiro atoms. The molecule has 1 saturated heterocycles. The Hall–Kier alpha value is -1.38. The first-order valence-corrected chi connectivity index (χ1v) is 4.00. The number of hydrogen-bond acceptors (Lipinski definition) is 2.